The van der Waals surface area contributed by atoms with Crippen LogP contribution in [0.3, 0.4) is 0 Å². The Morgan fingerprint density at radius 2 is 1.68 bits per heavy atom. The molecule has 3 aromatic carbocycles. The molecule has 1 aliphatic rings. The van der Waals surface area contributed by atoms with Gasteiger partial charge in [0.2, 0.25) is 16.8 Å². The van der Waals surface area contributed by atoms with E-state index in [-0.39, 0.29) is 37.1 Å². The Hall–Kier alpha value is -3.80. The van der Waals surface area contributed by atoms with Crippen LogP contribution in [0.15, 0.2) is 77.7 Å². The third-order valence-electron chi connectivity index (χ3n) is 6.34. The average Bonchev–Trinajstić information content (AvgIpc) is 3.40. The van der Waals surface area contributed by atoms with Crippen LogP contribution in [0.5, 0.6) is 17.2 Å². The van der Waals surface area contributed by atoms with E-state index in [4.69, 9.17) is 14.2 Å². The van der Waals surface area contributed by atoms with Crippen LogP contribution in [0.25, 0.3) is 0 Å². The largest absolute Gasteiger partial charge is 0.489 e. The lowest BCUT2D eigenvalue weighted by atomic mass is 10.0. The van der Waals surface area contributed by atoms with E-state index in [1.165, 1.54) is 22.5 Å². The highest BCUT2D eigenvalue weighted by molar-refractivity contribution is 7.89. The van der Waals surface area contributed by atoms with E-state index in [0.29, 0.717) is 23.9 Å². The van der Waals surface area contributed by atoms with E-state index in [9.17, 15) is 23.4 Å². The summed E-state index contributed by atoms with van der Waals surface area (Å²) in [5.74, 6) is 1.38. The molecule has 1 aliphatic heterocycles. The number of hydrogen-bond acceptors (Lipinski definition) is 7. The summed E-state index contributed by atoms with van der Waals surface area (Å²) >= 11 is 0. The summed E-state index contributed by atoms with van der Waals surface area (Å²) < 4.78 is 44.8. The number of carbonyl (C=O) groups is 1. The summed E-state index contributed by atoms with van der Waals surface area (Å²) in [5, 5.41) is 22.9. The number of hydrogen-bond donors (Lipinski definition) is 3. The van der Waals surface area contributed by atoms with Gasteiger partial charge in [0.05, 0.1) is 17.0 Å². The fraction of sp³-hybridized carbons (Fsp3) is 0.345. The quantitative estimate of drug-likeness (QED) is 0.282. The third kappa shape index (κ3) is 7.65. The van der Waals surface area contributed by atoms with Gasteiger partial charge in [-0.25, -0.2) is 13.2 Å². The minimum Gasteiger partial charge on any atom is -0.489 e. The molecule has 0 spiro atoms. The molecule has 11 heteroatoms. The first-order chi connectivity index (χ1) is 19.1. The number of fused-ring (bicyclic) bond motifs is 1. The van der Waals surface area contributed by atoms with Gasteiger partial charge in [0, 0.05) is 19.2 Å². The van der Waals surface area contributed by atoms with Gasteiger partial charge in [-0.3, -0.25) is 0 Å². The Balaban J connectivity index is 1.47. The summed E-state index contributed by atoms with van der Waals surface area (Å²) in [6.45, 7) is 3.96. The maximum absolute atomic E-state index is 13.6. The van der Waals surface area contributed by atoms with E-state index < -0.39 is 28.3 Å². The van der Waals surface area contributed by atoms with Crippen molar-refractivity contribution >= 4 is 16.1 Å². The molecule has 0 bridgehead atoms. The molecule has 1 heterocycles. The van der Waals surface area contributed by atoms with Crippen molar-refractivity contribution < 1.29 is 37.6 Å². The molecule has 1 amide bonds. The first-order valence-electron chi connectivity index (χ1n) is 12.9. The molecular weight excluding hydrogens is 536 g/mol. The fourth-order valence-corrected chi connectivity index (χ4v) is 6.00. The molecule has 3 aromatic rings. The Morgan fingerprint density at radius 3 is 2.35 bits per heavy atom. The molecule has 2 atom stereocenters. The molecule has 4 rings (SSSR count). The normalized spacial score (nSPS) is 14.2. The lowest BCUT2D eigenvalue weighted by Gasteiger charge is -2.30. The van der Waals surface area contributed by atoms with Gasteiger partial charge in [0.25, 0.3) is 0 Å². The lowest BCUT2D eigenvalue weighted by molar-refractivity contribution is 0.0980. The van der Waals surface area contributed by atoms with Gasteiger partial charge in [0.15, 0.2) is 11.5 Å². The van der Waals surface area contributed by atoms with Crippen LogP contribution >= 0.6 is 0 Å². The van der Waals surface area contributed by atoms with Crippen LogP contribution in [0.2, 0.25) is 0 Å². The highest BCUT2D eigenvalue weighted by Gasteiger charge is 2.32. The first kappa shape index (κ1) is 29.2. The molecule has 10 nitrogen and oxygen atoms in total. The zero-order chi connectivity index (χ0) is 28.7. The predicted molar refractivity (Wildman–Crippen MR) is 148 cm³/mol. The van der Waals surface area contributed by atoms with E-state index in [1.807, 2.05) is 44.2 Å². The molecule has 40 heavy (non-hydrogen) atoms. The number of aliphatic hydroxyl groups excluding tert-OH is 1. The Bertz CT molecular complexity index is 1380. The van der Waals surface area contributed by atoms with E-state index in [0.717, 1.165) is 11.1 Å². The highest BCUT2D eigenvalue weighted by atomic mass is 32.2. The monoisotopic (exact) mass is 570 g/mol. The molecule has 0 saturated heterocycles. The van der Waals surface area contributed by atoms with Gasteiger partial charge in [-0.15, -0.1) is 0 Å². The minimum atomic E-state index is -4.04. The second-order valence-corrected chi connectivity index (χ2v) is 11.9. The molecule has 0 aromatic heterocycles. The second kappa shape index (κ2) is 13.0. The lowest BCUT2D eigenvalue weighted by Crippen LogP contribution is -2.50. The van der Waals surface area contributed by atoms with Crippen LogP contribution < -0.4 is 19.5 Å². The number of rotatable bonds is 13. The number of sulfonamides is 1. The molecule has 0 aliphatic carbocycles. The number of benzene rings is 3. The summed E-state index contributed by atoms with van der Waals surface area (Å²) in [6.07, 6.45) is -2.50. The standard InChI is InChI=1S/C29H34N2O8S/c1-20(2)16-31(40(35,36)24-12-13-27-28(15-24)39-19-38-27)17-26(32)25(30-29(33)34)14-21-8-10-23(11-9-21)37-18-22-6-4-3-5-7-22/h3-13,15,20,25-26,30,32H,14,16-19H2,1-2H3,(H,33,34)/t25-,26+/m0/s1. The van der Waals surface area contributed by atoms with Crippen molar-refractivity contribution in [2.45, 2.75) is 43.9 Å². The zero-order valence-electron chi connectivity index (χ0n) is 22.4. The molecule has 0 fully saturated rings. The molecule has 0 radical (unpaired) electrons. The summed E-state index contributed by atoms with van der Waals surface area (Å²) in [6, 6.07) is 20.3. The smallest absolute Gasteiger partial charge is 0.404 e. The molecule has 214 valence electrons. The number of nitrogens with zero attached hydrogens (tertiary/aromatic N) is 1. The van der Waals surface area contributed by atoms with Crippen LogP contribution in [-0.4, -0.2) is 61.1 Å². The minimum absolute atomic E-state index is 0.00145. The zero-order valence-corrected chi connectivity index (χ0v) is 23.2. The topological polar surface area (TPSA) is 135 Å². The van der Waals surface area contributed by atoms with Crippen molar-refractivity contribution in [3.63, 3.8) is 0 Å². The van der Waals surface area contributed by atoms with Crippen molar-refractivity contribution in [3.8, 4) is 17.2 Å². The predicted octanol–water partition coefficient (Wildman–Crippen LogP) is 3.88. The number of amides is 1. The molecule has 3 N–H and O–H groups in total. The maximum atomic E-state index is 13.6. The van der Waals surface area contributed by atoms with Crippen molar-refractivity contribution in [2.75, 3.05) is 19.9 Å². The summed E-state index contributed by atoms with van der Waals surface area (Å²) in [7, 11) is -4.04. The number of ether oxygens (including phenoxy) is 3. The van der Waals surface area contributed by atoms with Crippen LogP contribution in [0.4, 0.5) is 4.79 Å². The molecule has 0 unspecified atom stereocenters. The van der Waals surface area contributed by atoms with Crippen molar-refractivity contribution in [1.82, 2.24) is 9.62 Å². The fourth-order valence-electron chi connectivity index (χ4n) is 4.36. The Morgan fingerprint density at radius 1 is 0.975 bits per heavy atom. The van der Waals surface area contributed by atoms with Crippen molar-refractivity contribution in [1.29, 1.82) is 0 Å². The molecular formula is C29H34N2O8S. The Labute approximate surface area is 234 Å². The van der Waals surface area contributed by atoms with Crippen molar-refractivity contribution in [2.24, 2.45) is 5.92 Å². The van der Waals surface area contributed by atoms with Gasteiger partial charge in [-0.2, -0.15) is 4.31 Å². The summed E-state index contributed by atoms with van der Waals surface area (Å²) in [5.41, 5.74) is 1.78. The van der Waals surface area contributed by atoms with Gasteiger partial charge in [-0.05, 0) is 47.7 Å². The maximum Gasteiger partial charge on any atom is 0.404 e. The van der Waals surface area contributed by atoms with E-state index >= 15 is 0 Å². The second-order valence-electron chi connectivity index (χ2n) is 9.98. The number of aliphatic hydroxyl groups is 1. The van der Waals surface area contributed by atoms with Gasteiger partial charge in [-0.1, -0.05) is 56.3 Å². The average molecular weight is 571 g/mol. The van der Waals surface area contributed by atoms with Crippen LogP contribution in [-0.2, 0) is 23.1 Å². The van der Waals surface area contributed by atoms with Crippen LogP contribution in [0.1, 0.15) is 25.0 Å². The Kier molecular flexibility index (Phi) is 9.51. The number of nitrogens with one attached hydrogen (secondary N) is 1. The van der Waals surface area contributed by atoms with Crippen LogP contribution in [0, 0.1) is 5.92 Å². The van der Waals surface area contributed by atoms with Gasteiger partial charge >= 0.3 is 6.09 Å². The first-order valence-corrected chi connectivity index (χ1v) is 14.4. The molecule has 0 saturated carbocycles. The van der Waals surface area contributed by atoms with Gasteiger partial charge < -0.3 is 29.7 Å². The SMILES string of the molecule is CC(C)CN(C[C@@H](O)[C@H](Cc1ccc(OCc2ccccc2)cc1)NC(=O)O)S(=O)(=O)c1ccc2c(c1)OCO2. The third-order valence-corrected chi connectivity index (χ3v) is 8.17. The van der Waals surface area contributed by atoms with E-state index in [1.54, 1.807) is 24.3 Å². The van der Waals surface area contributed by atoms with E-state index in [2.05, 4.69) is 5.32 Å². The van der Waals surface area contributed by atoms with Gasteiger partial charge in [0.1, 0.15) is 12.4 Å². The highest BCUT2D eigenvalue weighted by Crippen LogP contribution is 2.35. The number of carboxylic acid groups (broad SMARTS) is 1. The van der Waals surface area contributed by atoms with Crippen molar-refractivity contribution in [3.05, 3.63) is 83.9 Å². The summed E-state index contributed by atoms with van der Waals surface area (Å²) in [4.78, 5) is 11.6.